The number of benzene rings is 1. The Morgan fingerprint density at radius 3 is 1.35 bits per heavy atom. The van der Waals surface area contributed by atoms with Crippen molar-refractivity contribution in [2.45, 2.75) is 63.1 Å². The van der Waals surface area contributed by atoms with E-state index in [1.54, 1.807) is 6.92 Å². The molecule has 0 aliphatic heterocycles. The van der Waals surface area contributed by atoms with Gasteiger partial charge in [0.05, 0.1) is 5.41 Å². The van der Waals surface area contributed by atoms with E-state index in [1.165, 1.54) is 13.8 Å². The van der Waals surface area contributed by atoms with Crippen molar-refractivity contribution in [1.29, 1.82) is 0 Å². The molecule has 0 atom stereocenters. The fourth-order valence-corrected chi connectivity index (χ4v) is 2.78. The lowest BCUT2D eigenvalue weighted by Crippen LogP contribution is -2.55. The van der Waals surface area contributed by atoms with Gasteiger partial charge >= 0.3 is 36.8 Å². The van der Waals surface area contributed by atoms with Crippen molar-refractivity contribution < 1.29 is 86.7 Å². The zero-order chi connectivity index (χ0) is 31.8. The molecule has 1 rings (SSSR count). The van der Waals surface area contributed by atoms with Crippen molar-refractivity contribution in [2.24, 2.45) is 5.41 Å². The number of hydrogen-bond acceptors (Lipinski definition) is 7. The Balaban J connectivity index is 3.58. The predicted molar refractivity (Wildman–Crippen MR) is 105 cm³/mol. The highest BCUT2D eigenvalue weighted by Gasteiger charge is 2.74. The smallest absolute Gasteiger partial charge is 0.462 e. The minimum atomic E-state index is -6.80. The van der Waals surface area contributed by atoms with Gasteiger partial charge in [0.2, 0.25) is 0 Å². The Bertz CT molecular complexity index is 987. The van der Waals surface area contributed by atoms with Crippen LogP contribution in [0.15, 0.2) is 18.2 Å². The second kappa shape index (κ2) is 11.1. The Morgan fingerprint density at radius 2 is 1.02 bits per heavy atom. The normalized spacial score (nSPS) is 14.1. The van der Waals surface area contributed by atoms with Crippen LogP contribution in [-0.2, 0) is 25.5 Å². The van der Waals surface area contributed by atoms with E-state index in [9.17, 15) is 72.5 Å². The first-order valence-electron chi connectivity index (χ1n) is 10.6. The third-order valence-electron chi connectivity index (χ3n) is 5.56. The molecule has 1 aromatic rings. The van der Waals surface area contributed by atoms with Crippen LogP contribution in [0.5, 0.6) is 5.75 Å². The van der Waals surface area contributed by atoms with Crippen molar-refractivity contribution in [1.82, 2.24) is 0 Å². The molecular formula is C21H20F12O7. The van der Waals surface area contributed by atoms with E-state index in [0.29, 0.717) is 6.42 Å². The first kappa shape index (κ1) is 35.1. The molecule has 19 heteroatoms. The molecule has 0 radical (unpaired) electrons. The standard InChI is InChI=1S/C21H20F12O7/c1-4-15(2,3)13(34)38-5-6-39-14(35)40-12-8-10(16(36,18(22,23)24)19(25,26)27)7-11(9-12)17(37,20(28,29)30)21(31,32)33/h7-9,36-37H,4-6H2,1-3H3. The van der Waals surface area contributed by atoms with Crippen LogP contribution in [0.2, 0.25) is 0 Å². The number of esters is 1. The van der Waals surface area contributed by atoms with Gasteiger partial charge in [-0.1, -0.05) is 6.92 Å². The summed E-state index contributed by atoms with van der Waals surface area (Å²) in [4.78, 5) is 23.6. The molecule has 0 bridgehead atoms. The summed E-state index contributed by atoms with van der Waals surface area (Å²) in [7, 11) is 0. The fourth-order valence-electron chi connectivity index (χ4n) is 2.78. The van der Waals surface area contributed by atoms with E-state index in [0.717, 1.165) is 0 Å². The van der Waals surface area contributed by atoms with Crippen LogP contribution >= 0.6 is 0 Å². The molecule has 0 aromatic heterocycles. The summed E-state index contributed by atoms with van der Waals surface area (Å²) >= 11 is 0. The molecule has 0 saturated carbocycles. The Morgan fingerprint density at radius 1 is 0.675 bits per heavy atom. The molecule has 1 aromatic carbocycles. The van der Waals surface area contributed by atoms with Gasteiger partial charge in [0.15, 0.2) is 0 Å². The Hall–Kier alpha value is -2.96. The number of carbonyl (C=O) groups excluding carboxylic acids is 2. The maximum Gasteiger partial charge on any atom is 0.513 e. The van der Waals surface area contributed by atoms with Crippen LogP contribution < -0.4 is 4.74 Å². The van der Waals surface area contributed by atoms with Gasteiger partial charge in [0.1, 0.15) is 19.0 Å². The zero-order valence-corrected chi connectivity index (χ0v) is 20.3. The molecule has 0 fully saturated rings. The van der Waals surface area contributed by atoms with Crippen LogP contribution in [0.3, 0.4) is 0 Å². The molecule has 2 N–H and O–H groups in total. The second-order valence-corrected chi connectivity index (χ2v) is 8.73. The predicted octanol–water partition coefficient (Wildman–Crippen LogP) is 5.81. The van der Waals surface area contributed by atoms with Crippen LogP contribution in [0, 0.1) is 5.41 Å². The Labute approximate surface area is 216 Å². The molecule has 230 valence electrons. The van der Waals surface area contributed by atoms with Gasteiger partial charge in [0, 0.05) is 11.1 Å². The molecule has 0 aliphatic carbocycles. The van der Waals surface area contributed by atoms with Gasteiger partial charge in [-0.15, -0.1) is 0 Å². The number of hydrogen-bond donors (Lipinski definition) is 2. The number of aliphatic hydroxyl groups is 2. The van der Waals surface area contributed by atoms with Gasteiger partial charge in [-0.25, -0.2) is 4.79 Å². The molecular weight excluding hydrogens is 592 g/mol. The van der Waals surface area contributed by atoms with Gasteiger partial charge < -0.3 is 24.4 Å². The lowest BCUT2D eigenvalue weighted by molar-refractivity contribution is -0.378. The topological polar surface area (TPSA) is 102 Å². The SMILES string of the molecule is CCC(C)(C)C(=O)OCCOC(=O)Oc1cc(C(O)(C(F)(F)F)C(F)(F)F)cc(C(O)(C(F)(F)F)C(F)(F)F)c1. The maximum atomic E-state index is 13.3. The van der Waals surface area contributed by atoms with Crippen molar-refractivity contribution in [3.8, 4) is 5.75 Å². The van der Waals surface area contributed by atoms with Gasteiger partial charge in [-0.05, 0) is 38.5 Å². The van der Waals surface area contributed by atoms with Crippen LogP contribution in [0.1, 0.15) is 38.3 Å². The van der Waals surface area contributed by atoms with Crippen LogP contribution in [0.4, 0.5) is 57.5 Å². The van der Waals surface area contributed by atoms with Crippen molar-refractivity contribution in [3.05, 3.63) is 29.3 Å². The van der Waals surface area contributed by atoms with Crippen molar-refractivity contribution in [2.75, 3.05) is 13.2 Å². The second-order valence-electron chi connectivity index (χ2n) is 8.73. The third-order valence-corrected chi connectivity index (χ3v) is 5.56. The maximum absolute atomic E-state index is 13.3. The molecule has 0 aliphatic rings. The highest BCUT2D eigenvalue weighted by atomic mass is 19.4. The fraction of sp³-hybridized carbons (Fsp3) is 0.619. The van der Waals surface area contributed by atoms with E-state index >= 15 is 0 Å². The van der Waals surface area contributed by atoms with E-state index in [2.05, 4.69) is 9.47 Å². The summed E-state index contributed by atoms with van der Waals surface area (Å²) < 4.78 is 173. The summed E-state index contributed by atoms with van der Waals surface area (Å²) in [6, 6.07) is -2.12. The summed E-state index contributed by atoms with van der Waals surface area (Å²) in [5, 5.41) is 19.0. The first-order valence-corrected chi connectivity index (χ1v) is 10.6. The quantitative estimate of drug-likeness (QED) is 0.166. The van der Waals surface area contributed by atoms with E-state index in [4.69, 9.17) is 4.74 Å². The number of rotatable bonds is 8. The average Bonchev–Trinajstić information content (AvgIpc) is 2.77. The van der Waals surface area contributed by atoms with E-state index < -0.39 is 102 Å². The molecule has 0 spiro atoms. The molecule has 0 saturated heterocycles. The molecule has 0 unspecified atom stereocenters. The lowest BCUT2D eigenvalue weighted by Gasteiger charge is -2.36. The van der Waals surface area contributed by atoms with Crippen LogP contribution in [-0.4, -0.2) is 60.3 Å². The molecule has 7 nitrogen and oxygen atoms in total. The Kier molecular flexibility index (Phi) is 9.76. The summed E-state index contributed by atoms with van der Waals surface area (Å²) in [5.41, 5.74) is -18.6. The highest BCUT2D eigenvalue weighted by molar-refractivity contribution is 5.75. The number of carbonyl (C=O) groups is 2. The van der Waals surface area contributed by atoms with E-state index in [1.807, 2.05) is 0 Å². The highest BCUT2D eigenvalue weighted by Crippen LogP contribution is 2.54. The number of halogens is 12. The van der Waals surface area contributed by atoms with Crippen LogP contribution in [0.25, 0.3) is 0 Å². The third kappa shape index (κ3) is 6.84. The number of ether oxygens (including phenoxy) is 3. The minimum Gasteiger partial charge on any atom is -0.462 e. The molecule has 0 amide bonds. The first-order chi connectivity index (χ1) is 17.7. The summed E-state index contributed by atoms with van der Waals surface area (Å²) in [6.45, 7) is 2.99. The monoisotopic (exact) mass is 612 g/mol. The minimum absolute atomic E-state index is 0.303. The number of alkyl halides is 12. The van der Waals surface area contributed by atoms with E-state index in [-0.39, 0.29) is 0 Å². The summed E-state index contributed by atoms with van der Waals surface area (Å²) in [5.74, 6) is -2.65. The largest absolute Gasteiger partial charge is 0.513 e. The lowest BCUT2D eigenvalue weighted by atomic mass is 9.85. The molecule has 0 heterocycles. The molecule has 40 heavy (non-hydrogen) atoms. The van der Waals surface area contributed by atoms with Gasteiger partial charge in [-0.2, -0.15) is 52.7 Å². The van der Waals surface area contributed by atoms with Gasteiger partial charge in [-0.3, -0.25) is 4.79 Å². The zero-order valence-electron chi connectivity index (χ0n) is 20.3. The summed E-state index contributed by atoms with van der Waals surface area (Å²) in [6.07, 6.45) is -29.0. The van der Waals surface area contributed by atoms with Gasteiger partial charge in [0.25, 0.3) is 11.2 Å². The van der Waals surface area contributed by atoms with Crippen molar-refractivity contribution in [3.63, 3.8) is 0 Å². The van der Waals surface area contributed by atoms with Crippen molar-refractivity contribution >= 4 is 12.1 Å². The average molecular weight is 612 g/mol.